The van der Waals surface area contributed by atoms with Gasteiger partial charge in [0, 0.05) is 18.2 Å². The molecule has 0 atom stereocenters. The normalized spacial score (nSPS) is 13.1. The van der Waals surface area contributed by atoms with Gasteiger partial charge in [0.25, 0.3) is 0 Å². The molecule has 0 aromatic carbocycles. The Labute approximate surface area is 79.8 Å². The third kappa shape index (κ3) is 6.34. The van der Waals surface area contributed by atoms with Crippen LogP contribution in [0, 0.1) is 0 Å². The molecule has 76 valence electrons. The molecule has 0 spiro atoms. The number of rotatable bonds is 5. The number of nitrogens with one attached hydrogen (secondary N) is 1. The maximum absolute atomic E-state index is 10.3. The molecule has 0 unspecified atom stereocenters. The summed E-state index contributed by atoms with van der Waals surface area (Å²) in [6.07, 6.45) is 2.26. The summed E-state index contributed by atoms with van der Waals surface area (Å²) in [5.41, 5.74) is 0.919. The molecule has 13 heavy (non-hydrogen) atoms. The SMILES string of the molecule is CCC(C)(C)NCC(C)=CC(=O)O. The van der Waals surface area contributed by atoms with Crippen LogP contribution in [0.1, 0.15) is 34.1 Å². The summed E-state index contributed by atoms with van der Waals surface area (Å²) >= 11 is 0. The highest BCUT2D eigenvalue weighted by molar-refractivity contribution is 5.80. The van der Waals surface area contributed by atoms with E-state index in [0.29, 0.717) is 6.54 Å². The van der Waals surface area contributed by atoms with Crippen molar-refractivity contribution >= 4 is 5.97 Å². The summed E-state index contributed by atoms with van der Waals surface area (Å²) in [6.45, 7) is 8.74. The lowest BCUT2D eigenvalue weighted by molar-refractivity contribution is -0.131. The Morgan fingerprint density at radius 2 is 2.08 bits per heavy atom. The van der Waals surface area contributed by atoms with Crippen molar-refractivity contribution in [1.82, 2.24) is 5.32 Å². The molecule has 0 aromatic rings. The number of aliphatic carboxylic acids is 1. The van der Waals surface area contributed by atoms with Gasteiger partial charge in [-0.1, -0.05) is 12.5 Å². The average molecular weight is 185 g/mol. The van der Waals surface area contributed by atoms with E-state index in [9.17, 15) is 4.79 Å². The molecule has 0 aliphatic carbocycles. The van der Waals surface area contributed by atoms with Gasteiger partial charge >= 0.3 is 5.97 Å². The van der Waals surface area contributed by atoms with Gasteiger partial charge in [-0.2, -0.15) is 0 Å². The van der Waals surface area contributed by atoms with Crippen LogP contribution in [0.15, 0.2) is 11.6 Å². The minimum atomic E-state index is -0.881. The number of carboxylic acids is 1. The highest BCUT2D eigenvalue weighted by Crippen LogP contribution is 2.07. The predicted molar refractivity (Wildman–Crippen MR) is 53.8 cm³/mol. The standard InChI is InChI=1S/C10H19NO2/c1-5-10(3,4)11-7-8(2)6-9(12)13/h6,11H,5,7H2,1-4H3,(H,12,13). The molecule has 0 aromatic heterocycles. The quantitative estimate of drug-likeness (QED) is 0.642. The van der Waals surface area contributed by atoms with Crippen LogP contribution in [0.4, 0.5) is 0 Å². The van der Waals surface area contributed by atoms with E-state index in [1.54, 1.807) is 0 Å². The summed E-state index contributed by atoms with van der Waals surface area (Å²) in [5, 5.41) is 11.7. The first-order valence-corrected chi connectivity index (χ1v) is 4.52. The topological polar surface area (TPSA) is 49.3 Å². The van der Waals surface area contributed by atoms with Gasteiger partial charge < -0.3 is 10.4 Å². The van der Waals surface area contributed by atoms with E-state index in [2.05, 4.69) is 26.1 Å². The molecule has 0 rings (SSSR count). The molecular weight excluding hydrogens is 166 g/mol. The van der Waals surface area contributed by atoms with Gasteiger partial charge in [-0.3, -0.25) is 0 Å². The molecule has 0 bridgehead atoms. The maximum atomic E-state index is 10.3. The summed E-state index contributed by atoms with van der Waals surface area (Å²) in [7, 11) is 0. The van der Waals surface area contributed by atoms with Gasteiger partial charge in [-0.05, 0) is 27.2 Å². The van der Waals surface area contributed by atoms with E-state index < -0.39 is 5.97 Å². The molecule has 3 heteroatoms. The Kier molecular flexibility index (Phi) is 4.70. The molecule has 0 amide bonds. The number of carboxylic acid groups (broad SMARTS) is 1. The van der Waals surface area contributed by atoms with Crippen LogP contribution in [0.5, 0.6) is 0 Å². The van der Waals surface area contributed by atoms with Crippen molar-refractivity contribution in [3.63, 3.8) is 0 Å². The summed E-state index contributed by atoms with van der Waals surface area (Å²) in [6, 6.07) is 0. The highest BCUT2D eigenvalue weighted by atomic mass is 16.4. The minimum absolute atomic E-state index is 0.0770. The molecule has 0 aliphatic rings. The Balaban J connectivity index is 3.96. The fraction of sp³-hybridized carbons (Fsp3) is 0.700. The molecule has 0 fully saturated rings. The minimum Gasteiger partial charge on any atom is -0.478 e. The zero-order chi connectivity index (χ0) is 10.5. The molecular formula is C10H19NO2. The van der Waals surface area contributed by atoms with Crippen LogP contribution in [0.2, 0.25) is 0 Å². The summed E-state index contributed by atoms with van der Waals surface area (Å²) in [5.74, 6) is -0.881. The smallest absolute Gasteiger partial charge is 0.328 e. The van der Waals surface area contributed by atoms with Crippen LogP contribution in [0.25, 0.3) is 0 Å². The van der Waals surface area contributed by atoms with Gasteiger partial charge in [-0.25, -0.2) is 4.79 Å². The molecule has 0 aliphatic heterocycles. The predicted octanol–water partition coefficient (Wildman–Crippen LogP) is 1.80. The van der Waals surface area contributed by atoms with Gasteiger partial charge in [-0.15, -0.1) is 0 Å². The Hall–Kier alpha value is -0.830. The van der Waals surface area contributed by atoms with E-state index in [1.165, 1.54) is 6.08 Å². The lowest BCUT2D eigenvalue weighted by Gasteiger charge is -2.24. The first-order valence-electron chi connectivity index (χ1n) is 4.52. The zero-order valence-electron chi connectivity index (χ0n) is 8.85. The second kappa shape index (κ2) is 5.02. The van der Waals surface area contributed by atoms with Crippen LogP contribution in [0.3, 0.4) is 0 Å². The van der Waals surface area contributed by atoms with E-state index >= 15 is 0 Å². The average Bonchev–Trinajstić information content (AvgIpc) is 2.00. The van der Waals surface area contributed by atoms with E-state index in [-0.39, 0.29) is 5.54 Å². The lowest BCUT2D eigenvalue weighted by Crippen LogP contribution is -2.39. The Morgan fingerprint density at radius 3 is 2.46 bits per heavy atom. The van der Waals surface area contributed by atoms with Gasteiger partial charge in [0.15, 0.2) is 0 Å². The summed E-state index contributed by atoms with van der Waals surface area (Å²) in [4.78, 5) is 10.3. The molecule has 0 radical (unpaired) electrons. The monoisotopic (exact) mass is 185 g/mol. The van der Waals surface area contributed by atoms with Crippen molar-refractivity contribution in [2.45, 2.75) is 39.7 Å². The largest absolute Gasteiger partial charge is 0.478 e. The van der Waals surface area contributed by atoms with Gasteiger partial charge in [0.05, 0.1) is 0 Å². The Bertz CT molecular complexity index is 207. The third-order valence-corrected chi connectivity index (χ3v) is 2.10. The maximum Gasteiger partial charge on any atom is 0.328 e. The molecule has 0 heterocycles. The lowest BCUT2D eigenvalue weighted by atomic mass is 10.0. The summed E-state index contributed by atoms with van der Waals surface area (Å²) < 4.78 is 0. The van der Waals surface area contributed by atoms with Crippen molar-refractivity contribution in [3.8, 4) is 0 Å². The first-order chi connectivity index (χ1) is 5.87. The van der Waals surface area contributed by atoms with Crippen LogP contribution in [-0.4, -0.2) is 23.2 Å². The van der Waals surface area contributed by atoms with Crippen LogP contribution >= 0.6 is 0 Å². The fourth-order valence-electron chi connectivity index (χ4n) is 0.766. The highest BCUT2D eigenvalue weighted by Gasteiger charge is 2.12. The van der Waals surface area contributed by atoms with Crippen molar-refractivity contribution < 1.29 is 9.90 Å². The second-order valence-electron chi connectivity index (χ2n) is 3.92. The van der Waals surface area contributed by atoms with Gasteiger partial charge in [0.1, 0.15) is 0 Å². The van der Waals surface area contributed by atoms with Gasteiger partial charge in [0.2, 0.25) is 0 Å². The van der Waals surface area contributed by atoms with Crippen molar-refractivity contribution in [3.05, 3.63) is 11.6 Å². The van der Waals surface area contributed by atoms with Crippen LogP contribution < -0.4 is 5.32 Å². The number of hydrogen-bond donors (Lipinski definition) is 2. The van der Waals surface area contributed by atoms with Crippen molar-refractivity contribution in [2.24, 2.45) is 0 Å². The second-order valence-corrected chi connectivity index (χ2v) is 3.92. The number of hydrogen-bond acceptors (Lipinski definition) is 2. The zero-order valence-corrected chi connectivity index (χ0v) is 8.85. The Morgan fingerprint density at radius 1 is 1.54 bits per heavy atom. The van der Waals surface area contributed by atoms with Crippen LogP contribution in [-0.2, 0) is 4.79 Å². The molecule has 0 saturated heterocycles. The fourth-order valence-corrected chi connectivity index (χ4v) is 0.766. The number of carbonyl (C=O) groups is 1. The molecule has 2 N–H and O–H groups in total. The third-order valence-electron chi connectivity index (χ3n) is 2.10. The van der Waals surface area contributed by atoms with Crippen molar-refractivity contribution in [1.29, 1.82) is 0 Å². The van der Waals surface area contributed by atoms with E-state index in [1.807, 2.05) is 6.92 Å². The van der Waals surface area contributed by atoms with Crippen molar-refractivity contribution in [2.75, 3.05) is 6.54 Å². The van der Waals surface area contributed by atoms with E-state index in [0.717, 1.165) is 12.0 Å². The molecule has 0 saturated carbocycles. The first kappa shape index (κ1) is 12.2. The van der Waals surface area contributed by atoms with E-state index in [4.69, 9.17) is 5.11 Å². The molecule has 3 nitrogen and oxygen atoms in total.